The number of aliphatic hydroxyl groups excluding tert-OH is 1. The number of β-amino-alcohol motifs (C(OH)–C–C–N with tert-alkyl or cyclic N) is 1. The van der Waals surface area contributed by atoms with Crippen LogP contribution in [0.1, 0.15) is 6.42 Å². The number of hydrogen-bond acceptors (Lipinski definition) is 3. The topological polar surface area (TPSA) is 32.7 Å². The monoisotopic (exact) mass is 193 g/mol. The van der Waals surface area contributed by atoms with Crippen molar-refractivity contribution in [1.29, 1.82) is 0 Å². The summed E-state index contributed by atoms with van der Waals surface area (Å²) in [6.45, 7) is 1.68. The SMILES string of the molecule is COc1ccc(N2CC[C@H](O)C2)cc1. The summed E-state index contributed by atoms with van der Waals surface area (Å²) < 4.78 is 5.09. The highest BCUT2D eigenvalue weighted by Crippen LogP contribution is 2.22. The van der Waals surface area contributed by atoms with E-state index >= 15 is 0 Å². The first kappa shape index (κ1) is 9.34. The van der Waals surface area contributed by atoms with Gasteiger partial charge in [0, 0.05) is 18.8 Å². The lowest BCUT2D eigenvalue weighted by Crippen LogP contribution is -2.20. The normalized spacial score (nSPS) is 21.3. The minimum Gasteiger partial charge on any atom is -0.497 e. The standard InChI is InChI=1S/C11H15NO2/c1-14-11-4-2-9(3-5-11)12-7-6-10(13)8-12/h2-5,10,13H,6-8H2,1H3/t10-/m0/s1. The van der Waals surface area contributed by atoms with E-state index < -0.39 is 0 Å². The van der Waals surface area contributed by atoms with Gasteiger partial charge in [0.05, 0.1) is 13.2 Å². The maximum absolute atomic E-state index is 9.40. The number of anilines is 1. The summed E-state index contributed by atoms with van der Waals surface area (Å²) in [7, 11) is 1.66. The van der Waals surface area contributed by atoms with Crippen LogP contribution in [0.5, 0.6) is 5.75 Å². The van der Waals surface area contributed by atoms with Crippen LogP contribution >= 0.6 is 0 Å². The fraction of sp³-hybridized carbons (Fsp3) is 0.455. The minimum absolute atomic E-state index is 0.169. The van der Waals surface area contributed by atoms with Gasteiger partial charge < -0.3 is 14.7 Å². The molecular formula is C11H15NO2. The molecule has 14 heavy (non-hydrogen) atoms. The Labute approximate surface area is 83.9 Å². The summed E-state index contributed by atoms with van der Waals surface area (Å²) in [4.78, 5) is 2.18. The fourth-order valence-corrected chi connectivity index (χ4v) is 1.77. The first-order valence-corrected chi connectivity index (χ1v) is 4.86. The summed E-state index contributed by atoms with van der Waals surface area (Å²) in [6.07, 6.45) is 0.698. The Hall–Kier alpha value is -1.22. The second-order valence-corrected chi connectivity index (χ2v) is 3.59. The van der Waals surface area contributed by atoms with Gasteiger partial charge in [-0.1, -0.05) is 0 Å². The van der Waals surface area contributed by atoms with Crippen LogP contribution in [0.2, 0.25) is 0 Å². The van der Waals surface area contributed by atoms with Gasteiger partial charge in [-0.2, -0.15) is 0 Å². The maximum atomic E-state index is 9.40. The molecule has 1 aliphatic rings. The third-order valence-electron chi connectivity index (χ3n) is 2.60. The molecule has 0 bridgehead atoms. The molecular weight excluding hydrogens is 178 g/mol. The lowest BCUT2D eigenvalue weighted by Gasteiger charge is -2.17. The van der Waals surface area contributed by atoms with E-state index in [1.807, 2.05) is 24.3 Å². The smallest absolute Gasteiger partial charge is 0.119 e. The van der Waals surface area contributed by atoms with Gasteiger partial charge in [0.15, 0.2) is 0 Å². The van der Waals surface area contributed by atoms with E-state index in [-0.39, 0.29) is 6.10 Å². The van der Waals surface area contributed by atoms with Crippen molar-refractivity contribution in [2.24, 2.45) is 0 Å². The summed E-state index contributed by atoms with van der Waals surface area (Å²) in [6, 6.07) is 7.94. The van der Waals surface area contributed by atoms with E-state index in [0.717, 1.165) is 30.9 Å². The van der Waals surface area contributed by atoms with Crippen LogP contribution in [0.25, 0.3) is 0 Å². The van der Waals surface area contributed by atoms with Crippen LogP contribution in [0.15, 0.2) is 24.3 Å². The molecule has 3 nitrogen and oxygen atoms in total. The minimum atomic E-state index is -0.169. The molecule has 0 spiro atoms. The Kier molecular flexibility index (Phi) is 2.59. The van der Waals surface area contributed by atoms with Gasteiger partial charge in [-0.3, -0.25) is 0 Å². The molecule has 1 aromatic rings. The van der Waals surface area contributed by atoms with Gasteiger partial charge >= 0.3 is 0 Å². The van der Waals surface area contributed by atoms with Gasteiger partial charge in [-0.25, -0.2) is 0 Å². The Morgan fingerprint density at radius 1 is 1.36 bits per heavy atom. The number of benzene rings is 1. The van der Waals surface area contributed by atoms with E-state index in [1.165, 1.54) is 0 Å². The van der Waals surface area contributed by atoms with E-state index in [1.54, 1.807) is 7.11 Å². The number of methoxy groups -OCH3 is 1. The van der Waals surface area contributed by atoms with E-state index in [9.17, 15) is 5.11 Å². The molecule has 1 N–H and O–H groups in total. The highest BCUT2D eigenvalue weighted by Gasteiger charge is 2.19. The van der Waals surface area contributed by atoms with Crippen LogP contribution in [0.3, 0.4) is 0 Å². The largest absolute Gasteiger partial charge is 0.497 e. The predicted octanol–water partition coefficient (Wildman–Crippen LogP) is 1.27. The second-order valence-electron chi connectivity index (χ2n) is 3.59. The molecule has 1 atom stereocenters. The molecule has 1 aromatic carbocycles. The average molecular weight is 193 g/mol. The number of aliphatic hydroxyl groups is 1. The van der Waals surface area contributed by atoms with Crippen molar-refractivity contribution in [1.82, 2.24) is 0 Å². The average Bonchev–Trinajstić information content (AvgIpc) is 2.65. The van der Waals surface area contributed by atoms with E-state index in [4.69, 9.17) is 4.74 Å². The molecule has 76 valence electrons. The van der Waals surface area contributed by atoms with E-state index in [0.29, 0.717) is 0 Å². The lowest BCUT2D eigenvalue weighted by atomic mass is 10.3. The van der Waals surface area contributed by atoms with Crippen molar-refractivity contribution in [3.8, 4) is 5.75 Å². The summed E-state index contributed by atoms with van der Waals surface area (Å²) in [5, 5.41) is 9.40. The molecule has 0 aromatic heterocycles. The zero-order valence-corrected chi connectivity index (χ0v) is 8.31. The highest BCUT2D eigenvalue weighted by atomic mass is 16.5. The molecule has 0 saturated carbocycles. The van der Waals surface area contributed by atoms with Crippen LogP contribution in [0.4, 0.5) is 5.69 Å². The molecule has 3 heteroatoms. The first-order chi connectivity index (χ1) is 6.79. The van der Waals surface area contributed by atoms with Crippen LogP contribution in [-0.4, -0.2) is 31.4 Å². The number of hydrogen-bond donors (Lipinski definition) is 1. The molecule has 0 amide bonds. The third kappa shape index (κ3) is 1.82. The van der Waals surface area contributed by atoms with E-state index in [2.05, 4.69) is 4.90 Å². The molecule has 1 fully saturated rings. The number of ether oxygens (including phenoxy) is 1. The molecule has 0 radical (unpaired) electrons. The molecule has 0 aliphatic carbocycles. The van der Waals surface area contributed by atoms with Crippen LogP contribution in [0, 0.1) is 0 Å². The number of rotatable bonds is 2. The Bertz CT molecular complexity index is 297. The van der Waals surface area contributed by atoms with Gasteiger partial charge in [-0.05, 0) is 30.7 Å². The highest BCUT2D eigenvalue weighted by molar-refractivity contribution is 5.49. The lowest BCUT2D eigenvalue weighted by molar-refractivity contribution is 0.198. The van der Waals surface area contributed by atoms with Crippen molar-refractivity contribution < 1.29 is 9.84 Å². The summed E-state index contributed by atoms with van der Waals surface area (Å²) in [5.74, 6) is 0.869. The zero-order chi connectivity index (χ0) is 9.97. The van der Waals surface area contributed by atoms with Gasteiger partial charge in [0.2, 0.25) is 0 Å². The number of nitrogens with zero attached hydrogens (tertiary/aromatic N) is 1. The van der Waals surface area contributed by atoms with Crippen molar-refractivity contribution in [2.75, 3.05) is 25.1 Å². The van der Waals surface area contributed by atoms with Crippen LogP contribution in [-0.2, 0) is 0 Å². The molecule has 1 heterocycles. The Balaban J connectivity index is 2.09. The van der Waals surface area contributed by atoms with Crippen molar-refractivity contribution in [2.45, 2.75) is 12.5 Å². The summed E-state index contributed by atoms with van der Waals surface area (Å²) >= 11 is 0. The predicted molar refractivity (Wildman–Crippen MR) is 55.8 cm³/mol. The first-order valence-electron chi connectivity index (χ1n) is 4.86. The molecule has 2 rings (SSSR count). The third-order valence-corrected chi connectivity index (χ3v) is 2.60. The summed E-state index contributed by atoms with van der Waals surface area (Å²) in [5.41, 5.74) is 1.15. The Morgan fingerprint density at radius 3 is 2.57 bits per heavy atom. The van der Waals surface area contributed by atoms with Crippen molar-refractivity contribution in [3.63, 3.8) is 0 Å². The molecule has 1 aliphatic heterocycles. The maximum Gasteiger partial charge on any atom is 0.119 e. The second kappa shape index (κ2) is 3.88. The molecule has 1 saturated heterocycles. The fourth-order valence-electron chi connectivity index (χ4n) is 1.77. The quantitative estimate of drug-likeness (QED) is 0.767. The van der Waals surface area contributed by atoms with Gasteiger partial charge in [-0.15, -0.1) is 0 Å². The Morgan fingerprint density at radius 2 is 2.07 bits per heavy atom. The van der Waals surface area contributed by atoms with Gasteiger partial charge in [0.25, 0.3) is 0 Å². The van der Waals surface area contributed by atoms with Gasteiger partial charge in [0.1, 0.15) is 5.75 Å². The van der Waals surface area contributed by atoms with Crippen LogP contribution < -0.4 is 9.64 Å². The zero-order valence-electron chi connectivity index (χ0n) is 8.31. The molecule has 0 unspecified atom stereocenters. The van der Waals surface area contributed by atoms with Crippen molar-refractivity contribution in [3.05, 3.63) is 24.3 Å². The van der Waals surface area contributed by atoms with Crippen molar-refractivity contribution >= 4 is 5.69 Å².